The molecular weight excluding hydrogens is 304 g/mol. The zero-order valence-corrected chi connectivity index (χ0v) is 13.5. The molecule has 0 amide bonds. The van der Waals surface area contributed by atoms with Gasteiger partial charge in [0.05, 0.1) is 23.7 Å². The molecule has 2 aromatic heterocycles. The summed E-state index contributed by atoms with van der Waals surface area (Å²) in [6, 6.07) is 9.44. The Labute approximate surface area is 139 Å². The van der Waals surface area contributed by atoms with E-state index in [1.807, 2.05) is 24.3 Å². The Morgan fingerprint density at radius 1 is 1.17 bits per heavy atom. The minimum Gasteiger partial charge on any atom is -0.422 e. The highest BCUT2D eigenvalue weighted by Crippen LogP contribution is 2.24. The molecule has 0 saturated heterocycles. The standard InChI is InChI=1S/C18H16N4O2/c1-3-22(4-2)14-6-5-12-7-15(18(23)24-17(12)8-14)16-11-20-13(9-19)10-21-16/h5-8,10-11H,3-4H2,1-2H3. The molecule has 0 radical (unpaired) electrons. The van der Waals surface area contributed by atoms with E-state index in [0.717, 1.165) is 24.2 Å². The van der Waals surface area contributed by atoms with Crippen molar-refractivity contribution in [3.63, 3.8) is 0 Å². The smallest absolute Gasteiger partial charge is 0.345 e. The maximum absolute atomic E-state index is 12.3. The van der Waals surface area contributed by atoms with Crippen LogP contribution in [0.3, 0.4) is 0 Å². The normalized spacial score (nSPS) is 10.5. The first kappa shape index (κ1) is 15.7. The fourth-order valence-electron chi connectivity index (χ4n) is 2.59. The molecule has 6 heteroatoms. The Morgan fingerprint density at radius 2 is 1.96 bits per heavy atom. The van der Waals surface area contributed by atoms with Gasteiger partial charge in [0.15, 0.2) is 5.69 Å². The number of rotatable bonds is 4. The highest BCUT2D eigenvalue weighted by Gasteiger charge is 2.11. The van der Waals surface area contributed by atoms with Gasteiger partial charge in [-0.3, -0.25) is 4.98 Å². The first-order chi connectivity index (χ1) is 11.7. The summed E-state index contributed by atoms with van der Waals surface area (Å²) < 4.78 is 5.47. The van der Waals surface area contributed by atoms with Crippen LogP contribution >= 0.6 is 0 Å². The largest absolute Gasteiger partial charge is 0.422 e. The van der Waals surface area contributed by atoms with Crippen molar-refractivity contribution in [2.75, 3.05) is 18.0 Å². The van der Waals surface area contributed by atoms with Crippen LogP contribution in [0.15, 0.2) is 45.9 Å². The molecule has 6 nitrogen and oxygen atoms in total. The molecular formula is C18H16N4O2. The molecule has 1 aromatic carbocycles. The van der Waals surface area contributed by atoms with Crippen LogP contribution in [0, 0.1) is 11.3 Å². The van der Waals surface area contributed by atoms with Crippen LogP contribution in [0.25, 0.3) is 22.2 Å². The highest BCUT2D eigenvalue weighted by atomic mass is 16.4. The van der Waals surface area contributed by atoms with Gasteiger partial charge in [0.25, 0.3) is 0 Å². The molecule has 0 aliphatic rings. The highest BCUT2D eigenvalue weighted by molar-refractivity contribution is 5.84. The molecule has 3 rings (SSSR count). The van der Waals surface area contributed by atoms with Gasteiger partial charge < -0.3 is 9.32 Å². The maximum atomic E-state index is 12.3. The molecule has 3 aromatic rings. The number of aromatic nitrogens is 2. The Kier molecular flexibility index (Phi) is 4.25. The van der Waals surface area contributed by atoms with Crippen LogP contribution in [-0.2, 0) is 0 Å². The molecule has 0 unspecified atom stereocenters. The number of hydrogen-bond acceptors (Lipinski definition) is 6. The van der Waals surface area contributed by atoms with Crippen LogP contribution in [0.5, 0.6) is 0 Å². The second kappa shape index (κ2) is 6.50. The van der Waals surface area contributed by atoms with E-state index in [0.29, 0.717) is 16.8 Å². The van der Waals surface area contributed by atoms with Crippen molar-refractivity contribution in [3.8, 4) is 17.3 Å². The minimum atomic E-state index is -0.474. The number of nitriles is 1. The quantitative estimate of drug-likeness (QED) is 0.687. The van der Waals surface area contributed by atoms with Gasteiger partial charge in [-0.05, 0) is 32.0 Å². The summed E-state index contributed by atoms with van der Waals surface area (Å²) in [4.78, 5) is 22.5. The van der Waals surface area contributed by atoms with Crippen LogP contribution < -0.4 is 10.5 Å². The van der Waals surface area contributed by atoms with E-state index in [4.69, 9.17) is 9.68 Å². The molecule has 2 heterocycles. The Bertz CT molecular complexity index is 967. The lowest BCUT2D eigenvalue weighted by Gasteiger charge is -2.21. The summed E-state index contributed by atoms with van der Waals surface area (Å²) in [5.74, 6) is 0. The molecule has 0 spiro atoms. The molecule has 0 atom stereocenters. The van der Waals surface area contributed by atoms with Crippen molar-refractivity contribution < 1.29 is 4.42 Å². The number of nitrogens with zero attached hydrogens (tertiary/aromatic N) is 4. The summed E-state index contributed by atoms with van der Waals surface area (Å²) in [6.45, 7) is 5.92. The van der Waals surface area contributed by atoms with Crippen LogP contribution in [-0.4, -0.2) is 23.1 Å². The number of benzene rings is 1. The van der Waals surface area contributed by atoms with Crippen LogP contribution in [0.2, 0.25) is 0 Å². The van der Waals surface area contributed by atoms with Crippen molar-refractivity contribution in [2.24, 2.45) is 0 Å². The van der Waals surface area contributed by atoms with E-state index in [1.54, 1.807) is 6.07 Å². The van der Waals surface area contributed by atoms with Gasteiger partial charge in [0.1, 0.15) is 11.7 Å². The van der Waals surface area contributed by atoms with E-state index >= 15 is 0 Å². The van der Waals surface area contributed by atoms with E-state index in [2.05, 4.69) is 28.7 Å². The fraction of sp³-hybridized carbons (Fsp3) is 0.222. The molecule has 24 heavy (non-hydrogen) atoms. The van der Waals surface area contributed by atoms with E-state index in [9.17, 15) is 4.79 Å². The molecule has 0 bridgehead atoms. The second-order valence-corrected chi connectivity index (χ2v) is 5.24. The minimum absolute atomic E-state index is 0.202. The topological polar surface area (TPSA) is 83.0 Å². The van der Waals surface area contributed by atoms with Gasteiger partial charge in [-0.15, -0.1) is 0 Å². The monoisotopic (exact) mass is 320 g/mol. The van der Waals surface area contributed by atoms with Gasteiger partial charge in [0, 0.05) is 30.2 Å². The first-order valence-corrected chi connectivity index (χ1v) is 7.71. The zero-order chi connectivity index (χ0) is 17.1. The Balaban J connectivity index is 2.09. The van der Waals surface area contributed by atoms with Gasteiger partial charge >= 0.3 is 5.63 Å². The van der Waals surface area contributed by atoms with Crippen LogP contribution in [0.1, 0.15) is 19.5 Å². The van der Waals surface area contributed by atoms with Gasteiger partial charge in [0.2, 0.25) is 0 Å². The maximum Gasteiger partial charge on any atom is 0.345 e. The van der Waals surface area contributed by atoms with E-state index in [1.165, 1.54) is 12.4 Å². The Morgan fingerprint density at radius 3 is 2.58 bits per heavy atom. The third-order valence-corrected chi connectivity index (χ3v) is 3.89. The average Bonchev–Trinajstić information content (AvgIpc) is 2.62. The molecule has 0 aliphatic heterocycles. The average molecular weight is 320 g/mol. The van der Waals surface area contributed by atoms with Crippen molar-refractivity contribution in [2.45, 2.75) is 13.8 Å². The third-order valence-electron chi connectivity index (χ3n) is 3.89. The van der Waals surface area contributed by atoms with Gasteiger partial charge in [-0.1, -0.05) is 0 Å². The van der Waals surface area contributed by atoms with E-state index in [-0.39, 0.29) is 5.69 Å². The summed E-state index contributed by atoms with van der Waals surface area (Å²) in [5, 5.41) is 9.58. The fourth-order valence-corrected chi connectivity index (χ4v) is 2.59. The van der Waals surface area contributed by atoms with Crippen molar-refractivity contribution >= 4 is 16.7 Å². The molecule has 0 fully saturated rings. The van der Waals surface area contributed by atoms with E-state index < -0.39 is 5.63 Å². The van der Waals surface area contributed by atoms with Crippen molar-refractivity contribution in [3.05, 3.63) is 52.8 Å². The Hall–Kier alpha value is -3.20. The lowest BCUT2D eigenvalue weighted by molar-refractivity contribution is 0.563. The summed E-state index contributed by atoms with van der Waals surface area (Å²) in [7, 11) is 0. The zero-order valence-electron chi connectivity index (χ0n) is 13.5. The van der Waals surface area contributed by atoms with Gasteiger partial charge in [-0.2, -0.15) is 5.26 Å². The number of anilines is 1. The van der Waals surface area contributed by atoms with Crippen molar-refractivity contribution in [1.82, 2.24) is 9.97 Å². The number of hydrogen-bond donors (Lipinski definition) is 0. The molecule has 0 saturated carbocycles. The molecule has 0 aliphatic carbocycles. The summed E-state index contributed by atoms with van der Waals surface area (Å²) >= 11 is 0. The second-order valence-electron chi connectivity index (χ2n) is 5.24. The third kappa shape index (κ3) is 2.84. The predicted molar refractivity (Wildman–Crippen MR) is 91.8 cm³/mol. The molecule has 120 valence electrons. The summed E-state index contributed by atoms with van der Waals surface area (Å²) in [6.07, 6.45) is 2.74. The van der Waals surface area contributed by atoms with Gasteiger partial charge in [-0.25, -0.2) is 9.78 Å². The first-order valence-electron chi connectivity index (χ1n) is 7.71. The molecule has 0 N–H and O–H groups in total. The van der Waals surface area contributed by atoms with Crippen molar-refractivity contribution in [1.29, 1.82) is 5.26 Å². The lowest BCUT2D eigenvalue weighted by atomic mass is 10.1. The number of fused-ring (bicyclic) bond motifs is 1. The SMILES string of the molecule is CCN(CC)c1ccc2cc(-c3cnc(C#N)cn3)c(=O)oc2c1. The van der Waals surface area contributed by atoms with Crippen LogP contribution in [0.4, 0.5) is 5.69 Å². The lowest BCUT2D eigenvalue weighted by Crippen LogP contribution is -2.21. The predicted octanol–water partition coefficient (Wildman–Crippen LogP) is 2.97. The summed E-state index contributed by atoms with van der Waals surface area (Å²) in [5.41, 5.74) is 2.00.